The summed E-state index contributed by atoms with van der Waals surface area (Å²) >= 11 is 0. The van der Waals surface area contributed by atoms with Crippen molar-refractivity contribution in [2.24, 2.45) is 7.05 Å². The Kier molecular flexibility index (Phi) is 2.23. The summed E-state index contributed by atoms with van der Waals surface area (Å²) in [6, 6.07) is 0. The molecule has 1 aromatic rings. The summed E-state index contributed by atoms with van der Waals surface area (Å²) in [5, 5.41) is 4.40. The van der Waals surface area contributed by atoms with Gasteiger partial charge in [-0.3, -0.25) is 9.48 Å². The van der Waals surface area contributed by atoms with Crippen molar-refractivity contribution in [1.82, 2.24) is 14.7 Å². The predicted octanol–water partition coefficient (Wildman–Crippen LogP) is 1.14. The molecule has 0 spiro atoms. The third-order valence-electron chi connectivity index (χ3n) is 3.71. The van der Waals surface area contributed by atoms with E-state index in [-0.39, 0.29) is 5.91 Å². The van der Waals surface area contributed by atoms with Crippen LogP contribution in [0.5, 0.6) is 0 Å². The van der Waals surface area contributed by atoms with E-state index in [2.05, 4.69) is 5.10 Å². The second kappa shape index (κ2) is 3.61. The fourth-order valence-electron chi connectivity index (χ4n) is 2.85. The van der Waals surface area contributed by atoms with Crippen molar-refractivity contribution in [2.75, 3.05) is 13.1 Å². The zero-order valence-electron chi connectivity index (χ0n) is 9.70. The Morgan fingerprint density at radius 3 is 2.69 bits per heavy atom. The van der Waals surface area contributed by atoms with Gasteiger partial charge in [0.05, 0.1) is 0 Å². The van der Waals surface area contributed by atoms with Gasteiger partial charge < -0.3 is 4.90 Å². The topological polar surface area (TPSA) is 38.1 Å². The van der Waals surface area contributed by atoms with E-state index in [4.69, 9.17) is 0 Å². The standard InChI is InChI=1S/C12H17N3O/c1-14-10-6-4-5-9(10)11(13-14)12(16)15-7-2-3-8-15/h2-8H2,1H3. The molecule has 0 bridgehead atoms. The number of carbonyl (C=O) groups is 1. The average molecular weight is 219 g/mol. The van der Waals surface area contributed by atoms with Crippen LogP contribution >= 0.6 is 0 Å². The van der Waals surface area contributed by atoms with Crippen LogP contribution in [0.1, 0.15) is 41.0 Å². The number of fused-ring (bicyclic) bond motifs is 1. The summed E-state index contributed by atoms with van der Waals surface area (Å²) in [4.78, 5) is 14.2. The quantitative estimate of drug-likeness (QED) is 0.710. The van der Waals surface area contributed by atoms with Gasteiger partial charge in [-0.05, 0) is 32.1 Å². The van der Waals surface area contributed by atoms with Gasteiger partial charge in [-0.15, -0.1) is 0 Å². The van der Waals surface area contributed by atoms with Gasteiger partial charge >= 0.3 is 0 Å². The zero-order valence-corrected chi connectivity index (χ0v) is 9.70. The van der Waals surface area contributed by atoms with Crippen molar-refractivity contribution < 1.29 is 4.79 Å². The van der Waals surface area contributed by atoms with Crippen LogP contribution in [0.15, 0.2) is 0 Å². The highest BCUT2D eigenvalue weighted by Crippen LogP contribution is 2.26. The van der Waals surface area contributed by atoms with Gasteiger partial charge in [-0.25, -0.2) is 0 Å². The molecular weight excluding hydrogens is 202 g/mol. The molecular formula is C12H17N3O. The summed E-state index contributed by atoms with van der Waals surface area (Å²) in [5.74, 6) is 0.149. The SMILES string of the molecule is Cn1nc(C(=O)N2CCCC2)c2c1CCC2. The normalized spacial score (nSPS) is 19.2. The minimum atomic E-state index is 0.149. The first-order chi connectivity index (χ1) is 7.77. The smallest absolute Gasteiger partial charge is 0.274 e. The monoisotopic (exact) mass is 219 g/mol. The maximum absolute atomic E-state index is 12.3. The fraction of sp³-hybridized carbons (Fsp3) is 0.667. The van der Waals surface area contributed by atoms with Crippen LogP contribution in [0.3, 0.4) is 0 Å². The highest BCUT2D eigenvalue weighted by atomic mass is 16.2. The number of rotatable bonds is 1. The number of amides is 1. The Morgan fingerprint density at radius 2 is 1.94 bits per heavy atom. The largest absolute Gasteiger partial charge is 0.337 e. The molecule has 1 amide bonds. The van der Waals surface area contributed by atoms with Gasteiger partial charge in [-0.1, -0.05) is 0 Å². The first kappa shape index (κ1) is 9.87. The van der Waals surface area contributed by atoms with E-state index in [0.717, 1.165) is 44.5 Å². The lowest BCUT2D eigenvalue weighted by molar-refractivity contribution is 0.0785. The fourth-order valence-corrected chi connectivity index (χ4v) is 2.85. The number of likely N-dealkylation sites (tertiary alicyclic amines) is 1. The Morgan fingerprint density at radius 1 is 1.19 bits per heavy atom. The lowest BCUT2D eigenvalue weighted by Crippen LogP contribution is -2.28. The van der Waals surface area contributed by atoms with Gasteiger partial charge in [0.15, 0.2) is 5.69 Å². The van der Waals surface area contributed by atoms with E-state index in [9.17, 15) is 4.79 Å². The molecule has 1 saturated heterocycles. The first-order valence-electron chi connectivity index (χ1n) is 6.11. The maximum atomic E-state index is 12.3. The molecule has 86 valence electrons. The van der Waals surface area contributed by atoms with E-state index >= 15 is 0 Å². The van der Waals surface area contributed by atoms with Crippen molar-refractivity contribution in [3.63, 3.8) is 0 Å². The molecule has 0 N–H and O–H groups in total. The summed E-state index contributed by atoms with van der Waals surface area (Å²) in [6.45, 7) is 1.81. The van der Waals surface area contributed by atoms with Crippen LogP contribution in [0.25, 0.3) is 0 Å². The number of hydrogen-bond donors (Lipinski definition) is 0. The molecule has 0 saturated carbocycles. The molecule has 3 rings (SSSR count). The molecule has 2 aliphatic rings. The number of nitrogens with zero attached hydrogens (tertiary/aromatic N) is 3. The molecule has 1 aliphatic heterocycles. The Balaban J connectivity index is 1.94. The average Bonchev–Trinajstić information content (AvgIpc) is 2.94. The molecule has 0 aromatic carbocycles. The third kappa shape index (κ3) is 1.36. The third-order valence-corrected chi connectivity index (χ3v) is 3.71. The highest BCUT2D eigenvalue weighted by Gasteiger charge is 2.29. The Hall–Kier alpha value is -1.32. The molecule has 1 aromatic heterocycles. The minimum absolute atomic E-state index is 0.149. The molecule has 1 fully saturated rings. The van der Waals surface area contributed by atoms with Crippen LogP contribution in [-0.2, 0) is 19.9 Å². The lowest BCUT2D eigenvalue weighted by Gasteiger charge is -2.13. The van der Waals surface area contributed by atoms with Gasteiger partial charge in [-0.2, -0.15) is 5.10 Å². The van der Waals surface area contributed by atoms with Crippen molar-refractivity contribution in [1.29, 1.82) is 0 Å². The van der Waals surface area contributed by atoms with Crippen molar-refractivity contribution in [3.05, 3.63) is 17.0 Å². The number of aryl methyl sites for hydroxylation is 1. The Bertz CT molecular complexity index is 430. The molecule has 0 radical (unpaired) electrons. The van der Waals surface area contributed by atoms with E-state index in [0.29, 0.717) is 0 Å². The van der Waals surface area contributed by atoms with E-state index < -0.39 is 0 Å². The first-order valence-corrected chi connectivity index (χ1v) is 6.11. The molecule has 0 atom stereocenters. The van der Waals surface area contributed by atoms with Gasteiger partial charge in [0.2, 0.25) is 0 Å². The second-order valence-electron chi connectivity index (χ2n) is 4.75. The van der Waals surface area contributed by atoms with E-state index in [1.807, 2.05) is 16.6 Å². The number of hydrogen-bond acceptors (Lipinski definition) is 2. The lowest BCUT2D eigenvalue weighted by atomic mass is 10.2. The molecule has 16 heavy (non-hydrogen) atoms. The summed E-state index contributed by atoms with van der Waals surface area (Å²) in [6.07, 6.45) is 5.55. The Labute approximate surface area is 95.2 Å². The van der Waals surface area contributed by atoms with Crippen LogP contribution in [-0.4, -0.2) is 33.7 Å². The van der Waals surface area contributed by atoms with Gasteiger partial charge in [0.1, 0.15) is 0 Å². The van der Waals surface area contributed by atoms with Crippen LogP contribution in [0.2, 0.25) is 0 Å². The molecule has 0 unspecified atom stereocenters. The summed E-state index contributed by atoms with van der Waals surface area (Å²) in [7, 11) is 1.95. The van der Waals surface area contributed by atoms with Crippen molar-refractivity contribution in [3.8, 4) is 0 Å². The molecule has 2 heterocycles. The minimum Gasteiger partial charge on any atom is -0.337 e. The number of aromatic nitrogens is 2. The predicted molar refractivity (Wildman–Crippen MR) is 60.4 cm³/mol. The second-order valence-corrected chi connectivity index (χ2v) is 4.75. The maximum Gasteiger partial charge on any atom is 0.274 e. The molecule has 1 aliphatic carbocycles. The molecule has 4 nitrogen and oxygen atoms in total. The molecule has 4 heteroatoms. The summed E-state index contributed by atoms with van der Waals surface area (Å²) in [5.41, 5.74) is 3.19. The van der Waals surface area contributed by atoms with Crippen molar-refractivity contribution in [2.45, 2.75) is 32.1 Å². The van der Waals surface area contributed by atoms with Gasteiger partial charge in [0.25, 0.3) is 5.91 Å². The van der Waals surface area contributed by atoms with Crippen molar-refractivity contribution >= 4 is 5.91 Å². The van der Waals surface area contributed by atoms with E-state index in [1.165, 1.54) is 17.7 Å². The van der Waals surface area contributed by atoms with Crippen LogP contribution < -0.4 is 0 Å². The van der Waals surface area contributed by atoms with Gasteiger partial charge in [0, 0.05) is 31.4 Å². The summed E-state index contributed by atoms with van der Waals surface area (Å²) < 4.78 is 1.89. The van der Waals surface area contributed by atoms with Crippen LogP contribution in [0, 0.1) is 0 Å². The highest BCUT2D eigenvalue weighted by molar-refractivity contribution is 5.94. The van der Waals surface area contributed by atoms with E-state index in [1.54, 1.807) is 0 Å². The van der Waals surface area contributed by atoms with Crippen LogP contribution in [0.4, 0.5) is 0 Å². The number of carbonyl (C=O) groups excluding carboxylic acids is 1. The zero-order chi connectivity index (χ0) is 11.1.